The maximum absolute atomic E-state index is 13.7. The minimum Gasteiger partial charge on any atom is -0.336 e. The van der Waals surface area contributed by atoms with E-state index in [0.29, 0.717) is 55.2 Å². The predicted molar refractivity (Wildman–Crippen MR) is 130 cm³/mol. The van der Waals surface area contributed by atoms with Gasteiger partial charge in [0.15, 0.2) is 0 Å². The number of carbonyl (C=O) groups excluding carboxylic acids is 2. The first kappa shape index (κ1) is 23.7. The molecule has 7 nitrogen and oxygen atoms in total. The van der Waals surface area contributed by atoms with Crippen LogP contribution < -0.4 is 0 Å². The summed E-state index contributed by atoms with van der Waals surface area (Å²) in [5, 5.41) is 5.04. The highest BCUT2D eigenvalue weighted by Gasteiger charge is 2.33. The smallest absolute Gasteiger partial charge is 0.259 e. The van der Waals surface area contributed by atoms with Crippen molar-refractivity contribution < 1.29 is 18.5 Å². The van der Waals surface area contributed by atoms with Gasteiger partial charge in [-0.15, -0.1) is 0 Å². The van der Waals surface area contributed by atoms with Crippen LogP contribution in [-0.2, 0) is 6.42 Å². The number of rotatable bonds is 4. The van der Waals surface area contributed by atoms with Crippen LogP contribution in [0.5, 0.6) is 0 Å². The Labute approximate surface area is 208 Å². The van der Waals surface area contributed by atoms with Gasteiger partial charge < -0.3 is 14.3 Å². The van der Waals surface area contributed by atoms with E-state index >= 15 is 0 Å². The van der Waals surface area contributed by atoms with Gasteiger partial charge in [0.25, 0.3) is 17.5 Å². The molecule has 9 heteroatoms. The van der Waals surface area contributed by atoms with Gasteiger partial charge in [-0.2, -0.15) is 0 Å². The molecule has 1 aliphatic heterocycles. The first-order valence-corrected chi connectivity index (χ1v) is 12.3. The summed E-state index contributed by atoms with van der Waals surface area (Å²) in [6.45, 7) is 7.83. The number of pyridine rings is 1. The molecule has 0 unspecified atom stereocenters. The van der Waals surface area contributed by atoms with Gasteiger partial charge in [0.05, 0.1) is 27.2 Å². The molecular formula is C26H28ClFN4O3. The van der Waals surface area contributed by atoms with Crippen LogP contribution in [0.3, 0.4) is 0 Å². The first-order valence-electron chi connectivity index (χ1n) is 11.9. The van der Waals surface area contributed by atoms with Gasteiger partial charge in [0.2, 0.25) is 0 Å². The minimum absolute atomic E-state index is 0.0348. The third-order valence-corrected chi connectivity index (χ3v) is 6.79. The molecule has 0 N–H and O–H groups in total. The monoisotopic (exact) mass is 498 g/mol. The lowest BCUT2D eigenvalue weighted by Crippen LogP contribution is -2.50. The highest BCUT2D eigenvalue weighted by atomic mass is 35.5. The Bertz CT molecular complexity index is 1300. The Balaban J connectivity index is 1.38. The molecule has 1 saturated carbocycles. The van der Waals surface area contributed by atoms with E-state index in [4.69, 9.17) is 16.1 Å². The second-order valence-electron chi connectivity index (χ2n) is 10.6. The van der Waals surface area contributed by atoms with Crippen molar-refractivity contribution in [1.29, 1.82) is 0 Å². The number of piperazine rings is 1. The third-order valence-electron chi connectivity index (χ3n) is 6.48. The normalized spacial score (nSPS) is 16.7. The molecule has 2 fully saturated rings. The lowest BCUT2D eigenvalue weighted by molar-refractivity contribution is 0.0536. The quantitative estimate of drug-likeness (QED) is 0.501. The Hall–Kier alpha value is -3.00. The summed E-state index contributed by atoms with van der Waals surface area (Å²) < 4.78 is 19.0. The Kier molecular flexibility index (Phi) is 6.03. The molecule has 184 valence electrons. The van der Waals surface area contributed by atoms with Crippen molar-refractivity contribution in [2.45, 2.75) is 46.0 Å². The highest BCUT2D eigenvalue weighted by Crippen LogP contribution is 2.41. The van der Waals surface area contributed by atoms with E-state index in [-0.39, 0.29) is 27.8 Å². The molecule has 1 aliphatic carbocycles. The highest BCUT2D eigenvalue weighted by molar-refractivity contribution is 6.33. The summed E-state index contributed by atoms with van der Waals surface area (Å²) in [5.74, 6) is -0.506. The van der Waals surface area contributed by atoms with Crippen LogP contribution in [0.2, 0.25) is 5.02 Å². The van der Waals surface area contributed by atoms with Gasteiger partial charge in [0.1, 0.15) is 5.82 Å². The summed E-state index contributed by atoms with van der Waals surface area (Å²) in [6, 6.07) is 5.66. The van der Waals surface area contributed by atoms with Gasteiger partial charge >= 0.3 is 0 Å². The van der Waals surface area contributed by atoms with Crippen molar-refractivity contribution in [3.05, 3.63) is 57.6 Å². The van der Waals surface area contributed by atoms with E-state index in [1.807, 2.05) is 6.07 Å². The summed E-state index contributed by atoms with van der Waals surface area (Å²) >= 11 is 6.08. The molecule has 0 bridgehead atoms. The lowest BCUT2D eigenvalue weighted by Gasteiger charge is -2.35. The molecule has 2 aliphatic rings. The average Bonchev–Trinajstić information content (AvgIpc) is 3.59. The number of nitrogens with zero attached hydrogens (tertiary/aromatic N) is 4. The van der Waals surface area contributed by atoms with Crippen molar-refractivity contribution >= 4 is 34.5 Å². The topological polar surface area (TPSA) is 79.5 Å². The summed E-state index contributed by atoms with van der Waals surface area (Å²) in [5.41, 5.74) is 2.82. The zero-order chi connectivity index (χ0) is 24.9. The molecule has 5 rings (SSSR count). The van der Waals surface area contributed by atoms with E-state index in [1.165, 1.54) is 12.1 Å². The van der Waals surface area contributed by atoms with Crippen molar-refractivity contribution in [2.24, 2.45) is 5.41 Å². The van der Waals surface area contributed by atoms with Crippen molar-refractivity contribution in [2.75, 3.05) is 26.2 Å². The molecule has 2 aromatic heterocycles. The van der Waals surface area contributed by atoms with E-state index in [2.05, 4.69) is 30.9 Å². The minimum atomic E-state index is -0.490. The number of halogens is 2. The molecule has 0 spiro atoms. The van der Waals surface area contributed by atoms with Crippen molar-refractivity contribution in [3.63, 3.8) is 0 Å². The average molecular weight is 499 g/mol. The maximum Gasteiger partial charge on any atom is 0.259 e. The first-order chi connectivity index (χ1) is 16.6. The van der Waals surface area contributed by atoms with Crippen LogP contribution >= 0.6 is 11.6 Å². The molecule has 0 radical (unpaired) electrons. The number of hydrogen-bond donors (Lipinski definition) is 0. The molecule has 3 aromatic rings. The summed E-state index contributed by atoms with van der Waals surface area (Å²) in [6.07, 6.45) is 2.77. The predicted octanol–water partition coefficient (Wildman–Crippen LogP) is 5.08. The fourth-order valence-electron chi connectivity index (χ4n) is 4.53. The van der Waals surface area contributed by atoms with Crippen LogP contribution in [0.15, 0.2) is 28.8 Å². The Morgan fingerprint density at radius 3 is 2.26 bits per heavy atom. The van der Waals surface area contributed by atoms with E-state index in [9.17, 15) is 14.0 Å². The zero-order valence-electron chi connectivity index (χ0n) is 20.1. The van der Waals surface area contributed by atoms with Crippen molar-refractivity contribution in [3.8, 4) is 0 Å². The van der Waals surface area contributed by atoms with E-state index < -0.39 is 5.82 Å². The number of hydrogen-bond acceptors (Lipinski definition) is 5. The van der Waals surface area contributed by atoms with Gasteiger partial charge in [-0.3, -0.25) is 9.59 Å². The summed E-state index contributed by atoms with van der Waals surface area (Å²) in [7, 11) is 0. The number of carbonyl (C=O) groups is 2. The van der Waals surface area contributed by atoms with E-state index in [1.54, 1.807) is 9.80 Å². The fraction of sp³-hybridized carbons (Fsp3) is 0.462. The second kappa shape index (κ2) is 8.90. The molecule has 1 saturated heterocycles. The molecule has 2 amide bonds. The van der Waals surface area contributed by atoms with Crippen LogP contribution in [0.1, 0.15) is 71.6 Å². The molecular weight excluding hydrogens is 471 g/mol. The number of amides is 2. The summed E-state index contributed by atoms with van der Waals surface area (Å²) in [4.78, 5) is 34.7. The molecule has 3 heterocycles. The van der Waals surface area contributed by atoms with Crippen LogP contribution in [0.25, 0.3) is 11.1 Å². The standard InChI is InChI=1S/C26H28ClFN4O3/c1-26(2,3)14-21-22-18(13-20(15-4-5-15)29-23(22)35-30-21)25(34)32-10-8-31(9-11-32)24(33)17-7-6-16(28)12-19(17)27/h6-7,12-13,15H,4-5,8-11,14H2,1-3H3. The third kappa shape index (κ3) is 4.89. The number of aromatic nitrogens is 2. The maximum atomic E-state index is 13.7. The number of fused-ring (bicyclic) bond motifs is 1. The Morgan fingerprint density at radius 2 is 1.69 bits per heavy atom. The molecule has 1 aromatic carbocycles. The van der Waals surface area contributed by atoms with Crippen LogP contribution in [0, 0.1) is 11.2 Å². The zero-order valence-corrected chi connectivity index (χ0v) is 20.9. The largest absolute Gasteiger partial charge is 0.336 e. The Morgan fingerprint density at radius 1 is 1.06 bits per heavy atom. The number of benzene rings is 1. The van der Waals surface area contributed by atoms with Gasteiger partial charge in [-0.1, -0.05) is 37.5 Å². The molecule has 0 atom stereocenters. The fourth-order valence-corrected chi connectivity index (χ4v) is 4.77. The van der Waals surface area contributed by atoms with Crippen LogP contribution in [0.4, 0.5) is 4.39 Å². The van der Waals surface area contributed by atoms with Gasteiger partial charge in [0, 0.05) is 37.8 Å². The van der Waals surface area contributed by atoms with Gasteiger partial charge in [-0.25, -0.2) is 9.37 Å². The second-order valence-corrected chi connectivity index (χ2v) is 11.0. The molecule has 35 heavy (non-hydrogen) atoms. The van der Waals surface area contributed by atoms with Crippen molar-refractivity contribution in [1.82, 2.24) is 19.9 Å². The SMILES string of the molecule is CC(C)(C)Cc1noc2nc(C3CC3)cc(C(=O)N3CCN(C(=O)c4ccc(F)cc4Cl)CC3)c12. The van der Waals surface area contributed by atoms with Crippen LogP contribution in [-0.4, -0.2) is 57.9 Å². The van der Waals surface area contributed by atoms with E-state index in [0.717, 1.165) is 30.3 Å². The lowest BCUT2D eigenvalue weighted by atomic mass is 9.89. The van der Waals surface area contributed by atoms with Gasteiger partial charge in [-0.05, 0) is 48.9 Å².